The van der Waals surface area contributed by atoms with Gasteiger partial charge in [-0.05, 0) is 66.5 Å². The molecule has 0 unspecified atom stereocenters. The van der Waals surface area contributed by atoms with Crippen molar-refractivity contribution >= 4 is 35.2 Å². The van der Waals surface area contributed by atoms with Gasteiger partial charge in [0.15, 0.2) is 0 Å². The van der Waals surface area contributed by atoms with E-state index in [0.717, 1.165) is 23.5 Å². The molecule has 5 rings (SSSR count). The van der Waals surface area contributed by atoms with Crippen molar-refractivity contribution in [1.82, 2.24) is 10.2 Å². The Morgan fingerprint density at radius 2 is 1.83 bits per heavy atom. The van der Waals surface area contributed by atoms with Crippen LogP contribution in [0.3, 0.4) is 0 Å². The number of benzene rings is 2. The fourth-order valence-corrected chi connectivity index (χ4v) is 6.47. The third-order valence-corrected chi connectivity index (χ3v) is 8.25. The number of hydrogen-bond donors (Lipinski definition) is 1. The first-order valence-electron chi connectivity index (χ1n) is 10.6. The molecule has 2 saturated carbocycles. The van der Waals surface area contributed by atoms with Crippen molar-refractivity contribution in [3.63, 3.8) is 0 Å². The van der Waals surface area contributed by atoms with Crippen molar-refractivity contribution in [3.8, 4) is 0 Å². The summed E-state index contributed by atoms with van der Waals surface area (Å²) in [6.07, 6.45) is 5.00. The van der Waals surface area contributed by atoms with Gasteiger partial charge in [-0.15, -0.1) is 11.8 Å². The van der Waals surface area contributed by atoms with E-state index in [2.05, 4.69) is 5.32 Å². The van der Waals surface area contributed by atoms with Crippen molar-refractivity contribution in [3.05, 3.63) is 70.2 Å². The van der Waals surface area contributed by atoms with Gasteiger partial charge < -0.3 is 10.2 Å². The first-order valence-corrected chi connectivity index (χ1v) is 12.1. The lowest BCUT2D eigenvalue weighted by Crippen LogP contribution is -2.38. The quantitative estimate of drug-likeness (QED) is 0.709. The molecule has 1 N–H and O–H groups in total. The SMILES string of the molecule is O=C(N[C@@H]1C[C@H]2CC[C@H]1C2)c1ccc([C@H]2SCC(=O)N2Cc2ccc(Cl)cc2)cc1. The van der Waals surface area contributed by atoms with Gasteiger partial charge in [0.25, 0.3) is 5.91 Å². The van der Waals surface area contributed by atoms with Crippen molar-refractivity contribution < 1.29 is 9.59 Å². The number of rotatable bonds is 5. The average molecular weight is 441 g/mol. The Morgan fingerprint density at radius 3 is 2.50 bits per heavy atom. The van der Waals surface area contributed by atoms with Crippen LogP contribution >= 0.6 is 23.4 Å². The van der Waals surface area contributed by atoms with E-state index in [1.54, 1.807) is 11.8 Å². The molecule has 6 heteroatoms. The number of carbonyl (C=O) groups is 2. The number of nitrogens with one attached hydrogen (secondary N) is 1. The van der Waals surface area contributed by atoms with E-state index in [-0.39, 0.29) is 17.2 Å². The van der Waals surface area contributed by atoms with Crippen molar-refractivity contribution in [2.45, 2.75) is 43.6 Å². The topological polar surface area (TPSA) is 49.4 Å². The summed E-state index contributed by atoms with van der Waals surface area (Å²) in [6, 6.07) is 15.7. The smallest absolute Gasteiger partial charge is 0.251 e. The summed E-state index contributed by atoms with van der Waals surface area (Å²) in [4.78, 5) is 27.1. The molecule has 2 aromatic carbocycles. The minimum atomic E-state index is -0.0316. The summed E-state index contributed by atoms with van der Waals surface area (Å²) in [5.74, 6) is 2.11. The van der Waals surface area contributed by atoms with E-state index < -0.39 is 0 Å². The Kier molecular flexibility index (Phi) is 5.50. The van der Waals surface area contributed by atoms with E-state index in [9.17, 15) is 9.59 Å². The first kappa shape index (κ1) is 20.0. The molecule has 156 valence electrons. The molecule has 2 bridgehead atoms. The van der Waals surface area contributed by atoms with Crippen molar-refractivity contribution in [2.24, 2.45) is 11.8 Å². The molecule has 1 aliphatic heterocycles. The molecule has 2 amide bonds. The zero-order valence-corrected chi connectivity index (χ0v) is 18.3. The molecule has 1 heterocycles. The van der Waals surface area contributed by atoms with Crippen LogP contribution < -0.4 is 5.32 Å². The number of carbonyl (C=O) groups excluding carboxylic acids is 2. The van der Waals surface area contributed by atoms with Crippen LogP contribution in [0.2, 0.25) is 5.02 Å². The number of hydrogen-bond acceptors (Lipinski definition) is 3. The number of halogens is 1. The summed E-state index contributed by atoms with van der Waals surface area (Å²) in [7, 11) is 0. The Bertz CT molecular complexity index is 947. The third kappa shape index (κ3) is 3.97. The lowest BCUT2D eigenvalue weighted by atomic mass is 9.95. The van der Waals surface area contributed by atoms with Gasteiger partial charge in [-0.2, -0.15) is 0 Å². The summed E-state index contributed by atoms with van der Waals surface area (Å²) in [5.41, 5.74) is 2.80. The molecule has 0 radical (unpaired) electrons. The van der Waals surface area contributed by atoms with Crippen LogP contribution in [0.4, 0.5) is 0 Å². The molecule has 4 nitrogen and oxygen atoms in total. The molecular formula is C24H25ClN2O2S. The molecule has 0 aromatic heterocycles. The van der Waals surface area contributed by atoms with Crippen LogP contribution in [-0.2, 0) is 11.3 Å². The van der Waals surface area contributed by atoms with Crippen molar-refractivity contribution in [2.75, 3.05) is 5.75 Å². The van der Waals surface area contributed by atoms with Crippen molar-refractivity contribution in [1.29, 1.82) is 0 Å². The summed E-state index contributed by atoms with van der Waals surface area (Å²) in [5, 5.41) is 3.91. The van der Waals surface area contributed by atoms with E-state index >= 15 is 0 Å². The maximum Gasteiger partial charge on any atom is 0.251 e. The zero-order chi connectivity index (χ0) is 20.7. The fourth-order valence-electron chi connectivity index (χ4n) is 5.16. The van der Waals surface area contributed by atoms with Crippen LogP contribution in [0.5, 0.6) is 0 Å². The third-order valence-electron chi connectivity index (χ3n) is 6.75. The molecule has 2 aromatic rings. The molecule has 3 aliphatic rings. The highest BCUT2D eigenvalue weighted by Gasteiger charge is 2.40. The Labute approximate surface area is 186 Å². The highest BCUT2D eigenvalue weighted by atomic mass is 35.5. The van der Waals surface area contributed by atoms with Crippen LogP contribution in [0.25, 0.3) is 0 Å². The normalized spacial score (nSPS) is 27.6. The minimum Gasteiger partial charge on any atom is -0.349 e. The van der Waals surface area contributed by atoms with E-state index in [1.807, 2.05) is 53.4 Å². The number of nitrogens with zero attached hydrogens (tertiary/aromatic N) is 1. The molecule has 0 spiro atoms. The van der Waals surface area contributed by atoms with E-state index in [4.69, 9.17) is 11.6 Å². The van der Waals surface area contributed by atoms with Crippen LogP contribution in [0, 0.1) is 11.8 Å². The number of thioether (sulfide) groups is 1. The second-order valence-electron chi connectivity index (χ2n) is 8.69. The van der Waals surface area contributed by atoms with Gasteiger partial charge in [-0.25, -0.2) is 0 Å². The lowest BCUT2D eigenvalue weighted by molar-refractivity contribution is -0.128. The second kappa shape index (κ2) is 8.27. The monoisotopic (exact) mass is 440 g/mol. The summed E-state index contributed by atoms with van der Waals surface area (Å²) < 4.78 is 0. The molecule has 30 heavy (non-hydrogen) atoms. The Morgan fingerprint density at radius 1 is 1.07 bits per heavy atom. The van der Waals surface area contributed by atoms with Gasteiger partial charge >= 0.3 is 0 Å². The highest BCUT2D eigenvalue weighted by molar-refractivity contribution is 8.00. The molecule has 2 aliphatic carbocycles. The standard InChI is InChI=1S/C24H25ClN2O2S/c25-20-9-2-15(3-10-20)13-27-22(28)14-30-24(27)18-7-5-17(6-8-18)23(29)26-21-12-16-1-4-19(21)11-16/h2-3,5-10,16,19,21,24H,1,4,11-14H2,(H,26,29)/t16-,19-,21+,24+/m0/s1. The zero-order valence-electron chi connectivity index (χ0n) is 16.7. The van der Waals surface area contributed by atoms with Crippen LogP contribution in [0.1, 0.15) is 52.5 Å². The summed E-state index contributed by atoms with van der Waals surface area (Å²) in [6.45, 7) is 0.556. The van der Waals surface area contributed by atoms with Gasteiger partial charge in [-0.3, -0.25) is 9.59 Å². The minimum absolute atomic E-state index is 0.0206. The van der Waals surface area contributed by atoms with E-state index in [0.29, 0.717) is 34.8 Å². The van der Waals surface area contributed by atoms with Gasteiger partial charge in [-0.1, -0.05) is 42.3 Å². The van der Waals surface area contributed by atoms with Gasteiger partial charge in [0.2, 0.25) is 5.91 Å². The maximum atomic E-state index is 12.7. The Balaban J connectivity index is 1.26. The lowest BCUT2D eigenvalue weighted by Gasteiger charge is -2.25. The summed E-state index contributed by atoms with van der Waals surface area (Å²) >= 11 is 7.61. The molecule has 4 atom stereocenters. The predicted molar refractivity (Wildman–Crippen MR) is 120 cm³/mol. The van der Waals surface area contributed by atoms with Crippen LogP contribution in [-0.4, -0.2) is 28.5 Å². The van der Waals surface area contributed by atoms with Gasteiger partial charge in [0.1, 0.15) is 5.37 Å². The predicted octanol–water partition coefficient (Wildman–Crippen LogP) is 5.03. The number of amides is 2. The number of fused-ring (bicyclic) bond motifs is 2. The molecule has 1 saturated heterocycles. The average Bonchev–Trinajstić information content (AvgIpc) is 3.47. The van der Waals surface area contributed by atoms with Gasteiger partial charge in [0.05, 0.1) is 5.75 Å². The molecular weight excluding hydrogens is 416 g/mol. The Hall–Kier alpha value is -1.98. The first-order chi connectivity index (χ1) is 14.6. The maximum absolute atomic E-state index is 12.7. The second-order valence-corrected chi connectivity index (χ2v) is 10.2. The molecule has 3 fully saturated rings. The fraction of sp³-hybridized carbons (Fsp3) is 0.417. The highest BCUT2D eigenvalue weighted by Crippen LogP contribution is 2.44. The van der Waals surface area contributed by atoms with Crippen LogP contribution in [0.15, 0.2) is 48.5 Å². The largest absolute Gasteiger partial charge is 0.349 e. The van der Waals surface area contributed by atoms with Gasteiger partial charge in [0, 0.05) is 23.2 Å². The van der Waals surface area contributed by atoms with E-state index in [1.165, 1.54) is 19.3 Å².